The zero-order chi connectivity index (χ0) is 98.9. The number of likely N-dealkylation sites (N-methyl/N-ethyl adjacent to an activating group) is 1. The first-order valence-corrected chi connectivity index (χ1v) is 46.3. The van der Waals surface area contributed by atoms with Crippen LogP contribution in [0.5, 0.6) is 11.5 Å². The number of aliphatic hydroxyl groups excluding tert-OH is 8. The number of hydrogen-bond acceptors (Lipinski definition) is 36. The Morgan fingerprint density at radius 3 is 1.57 bits per heavy atom. The van der Waals surface area contributed by atoms with Crippen molar-refractivity contribution in [1.29, 1.82) is 0 Å². The number of aromatic nitrogens is 3. The molecule has 2 fully saturated rings. The van der Waals surface area contributed by atoms with Gasteiger partial charge in [0.1, 0.15) is 84.3 Å². The Hall–Kier alpha value is -10.1. The second-order valence-corrected chi connectivity index (χ2v) is 32.6. The molecule has 0 radical (unpaired) electrons. The topological polar surface area (TPSA) is 573 Å². The first kappa shape index (κ1) is 112. The second-order valence-electron chi connectivity index (χ2n) is 32.6. The summed E-state index contributed by atoms with van der Waals surface area (Å²) in [6, 6.07) is 21.8. The fraction of sp³-hybridized carbons (Fsp3) is 0.596. The number of benzene rings is 4. The maximum atomic E-state index is 14.2. The Labute approximate surface area is 799 Å². The number of imide groups is 1. The molecule has 44 heteroatoms. The lowest BCUT2D eigenvalue weighted by Crippen LogP contribution is -2.60. The van der Waals surface area contributed by atoms with Gasteiger partial charge in [0.2, 0.25) is 36.2 Å². The number of unbranched alkanes of at least 4 members (excludes halogenated alkanes) is 2. The van der Waals surface area contributed by atoms with Gasteiger partial charge in [-0.15, -0.1) is 0 Å². The predicted molar refractivity (Wildman–Crippen MR) is 493 cm³/mol. The molecule has 3 aliphatic heterocycles. The Bertz CT molecular complexity index is 4710. The third kappa shape index (κ3) is 37.2. The van der Waals surface area contributed by atoms with Gasteiger partial charge in [-0.25, -0.2) is 19.6 Å². The lowest BCUT2D eigenvalue weighted by Gasteiger charge is -2.39. The molecular formula is C94H134N10O34. The number of aromatic carboxylic acids is 1. The van der Waals surface area contributed by atoms with Gasteiger partial charge in [-0.2, -0.15) is 0 Å². The van der Waals surface area contributed by atoms with Crippen LogP contribution in [0, 0.1) is 0 Å². The molecule has 9 rings (SSSR count). The molecule has 14 N–H and O–H groups in total. The zero-order valence-corrected chi connectivity index (χ0v) is 78.4. The quantitative estimate of drug-likeness (QED) is 0.0189. The summed E-state index contributed by atoms with van der Waals surface area (Å²) in [4.78, 5) is 118. The first-order valence-electron chi connectivity index (χ1n) is 46.3. The molecule has 2 aromatic heterocycles. The number of carbonyl (C=O) groups excluding carboxylic acids is 7. The van der Waals surface area contributed by atoms with Crippen LogP contribution in [0.25, 0.3) is 21.9 Å². The van der Waals surface area contributed by atoms with Crippen LogP contribution < -0.4 is 36.1 Å². The normalized spacial score (nSPS) is 19.2. The van der Waals surface area contributed by atoms with Gasteiger partial charge >= 0.3 is 12.1 Å². The molecule has 4 aromatic carbocycles. The first-order chi connectivity index (χ1) is 66.9. The molecule has 0 bridgehead atoms. The number of hydrogen-bond donors (Lipinski definition) is 14. The molecule has 5 heterocycles. The van der Waals surface area contributed by atoms with Crippen molar-refractivity contribution in [2.75, 3.05) is 217 Å². The predicted octanol–water partition coefficient (Wildman–Crippen LogP) is 1.38. The van der Waals surface area contributed by atoms with E-state index < -0.39 is 128 Å². The average Bonchev–Trinajstić information content (AvgIpc) is 1.58. The van der Waals surface area contributed by atoms with Crippen molar-refractivity contribution in [3.8, 4) is 11.5 Å². The summed E-state index contributed by atoms with van der Waals surface area (Å²) in [5, 5.41) is 108. The molecule has 7 amide bonds. The summed E-state index contributed by atoms with van der Waals surface area (Å²) in [6.45, 7) is 9.91. The van der Waals surface area contributed by atoms with E-state index in [1.54, 1.807) is 37.4 Å². The number of nitrogens with one attached hydrogen (secondary N) is 5. The number of imidazole rings is 1. The van der Waals surface area contributed by atoms with Gasteiger partial charge in [-0.05, 0) is 111 Å². The van der Waals surface area contributed by atoms with Gasteiger partial charge < -0.3 is 157 Å². The van der Waals surface area contributed by atoms with Crippen LogP contribution in [0.15, 0.2) is 97.1 Å². The highest BCUT2D eigenvalue weighted by molar-refractivity contribution is 6.13. The maximum Gasteiger partial charge on any atom is 0.413 e. The average molecular weight is 1950 g/mol. The fourth-order valence-corrected chi connectivity index (χ4v) is 14.6. The smallest absolute Gasteiger partial charge is 0.413 e. The number of fused-ring (bicyclic) bond motifs is 3. The van der Waals surface area contributed by atoms with Gasteiger partial charge in [0.15, 0.2) is 5.82 Å². The summed E-state index contributed by atoms with van der Waals surface area (Å²) in [5.41, 5.74) is 3.98. The van der Waals surface area contributed by atoms with E-state index in [1.165, 1.54) is 30.3 Å². The van der Waals surface area contributed by atoms with Crippen molar-refractivity contribution in [2.24, 2.45) is 0 Å². The number of pyridine rings is 1. The number of ether oxygens (including phenoxy) is 17. The van der Waals surface area contributed by atoms with E-state index in [0.29, 0.717) is 191 Å². The van der Waals surface area contributed by atoms with Gasteiger partial charge in [-0.3, -0.25) is 39.0 Å². The number of amides is 7. The Kier molecular flexibility index (Phi) is 49.7. The molecule has 12 atom stereocenters. The molecule has 0 spiro atoms. The van der Waals surface area contributed by atoms with E-state index in [9.17, 15) is 84.3 Å². The second kappa shape index (κ2) is 61.5. The molecule has 0 aliphatic carbocycles. The number of nitrogens with zero attached hydrogens (tertiary/aromatic N) is 5. The zero-order valence-electron chi connectivity index (χ0n) is 78.4. The third-order valence-corrected chi connectivity index (χ3v) is 22.2. The molecule has 764 valence electrons. The maximum absolute atomic E-state index is 14.2. The standard InChI is InChI=1S/C94H134N10O34/c1-5-6-10-75-100-81-82(67-21-17-65(91(119)120)56-69(67)99-89(81)101-94(121)134-60-63-15-19-66(20-16-63)135-92-87(116)85(114)83(112)73(58-105)137-92)104(75)57-62-13-11-61(12-14-62)54-71(102(2)3)64-18-22-72(136-93-88(117)86(115)84(113)74(59-106)138-93)70(55-64)98-77(108)25-29-96-90(118)68(97-78(109)26-30-103-79(110)23-24-80(103)111)9-7-8-28-95-76(107)27-31-123-34-35-125-38-39-127-42-43-129-46-47-131-50-51-133-53-52-132-49-48-130-45-44-128-41-40-126-37-36-124-33-32-122-4/h11-24,55-56,68,71,73-74,83-88,92-93,105-106,112-117H,5-10,25-54,57-60H2,1-4H3,(H,95,107)(H,96,118)(H,97,109)(H,98,108)(H,119,120)(H,99,101,121)/t68-,71?,73+,74+,83+,84+,85-,86-,87-,88-,92-,93-/m0/s1. The minimum absolute atomic E-state index is 0.00230. The van der Waals surface area contributed by atoms with Crippen LogP contribution in [0.4, 0.5) is 16.3 Å². The lowest BCUT2D eigenvalue weighted by atomic mass is 9.96. The molecular weight excluding hydrogens is 1810 g/mol. The van der Waals surface area contributed by atoms with Gasteiger partial charge in [0, 0.05) is 82.6 Å². The summed E-state index contributed by atoms with van der Waals surface area (Å²) in [7, 11) is 5.35. The number of aryl methyl sites for hydroxylation is 1. The molecule has 6 aromatic rings. The van der Waals surface area contributed by atoms with Gasteiger partial charge in [0.05, 0.1) is 187 Å². The van der Waals surface area contributed by atoms with Gasteiger partial charge in [-0.1, -0.05) is 55.8 Å². The molecule has 3 aliphatic rings. The fourth-order valence-electron chi connectivity index (χ4n) is 14.6. The number of carboxylic acid groups (broad SMARTS) is 1. The molecule has 2 saturated heterocycles. The highest BCUT2D eigenvalue weighted by Gasteiger charge is 2.47. The van der Waals surface area contributed by atoms with Crippen molar-refractivity contribution in [2.45, 2.75) is 158 Å². The molecule has 44 nitrogen and oxygen atoms in total. The van der Waals surface area contributed by atoms with Crippen molar-refractivity contribution in [3.05, 3.63) is 131 Å². The van der Waals surface area contributed by atoms with Crippen LogP contribution >= 0.6 is 0 Å². The van der Waals surface area contributed by atoms with Crippen molar-refractivity contribution >= 4 is 80.9 Å². The summed E-state index contributed by atoms with van der Waals surface area (Å²) < 4.78 is 96.1. The Morgan fingerprint density at radius 1 is 0.522 bits per heavy atom. The number of rotatable bonds is 69. The van der Waals surface area contributed by atoms with Crippen molar-refractivity contribution in [1.82, 2.24) is 40.3 Å². The minimum Gasteiger partial charge on any atom is -0.478 e. The van der Waals surface area contributed by atoms with Crippen LogP contribution in [-0.4, -0.2) is 391 Å². The van der Waals surface area contributed by atoms with E-state index >= 15 is 0 Å². The van der Waals surface area contributed by atoms with Gasteiger partial charge in [0.25, 0.3) is 11.8 Å². The monoisotopic (exact) mass is 1950 g/mol. The van der Waals surface area contributed by atoms with Crippen LogP contribution in [0.2, 0.25) is 0 Å². The van der Waals surface area contributed by atoms with Crippen LogP contribution in [0.1, 0.15) is 103 Å². The van der Waals surface area contributed by atoms with E-state index in [4.69, 9.17) is 90.5 Å². The third-order valence-electron chi connectivity index (χ3n) is 22.2. The van der Waals surface area contributed by atoms with Crippen LogP contribution in [0.3, 0.4) is 0 Å². The summed E-state index contributed by atoms with van der Waals surface area (Å²) in [6.07, 6.45) is -12.0. The number of methoxy groups -OCH3 is 1. The van der Waals surface area contributed by atoms with Crippen LogP contribution in [-0.2, 0) is 126 Å². The SMILES string of the molecule is CCCCc1nc2c(NC(=O)OCc3ccc(O[C@H]4O[C@H](CO)[C@@H](O)[C@H](O)[C@@H]4O)cc3)nc3cc(C(=O)O)ccc3c2n1Cc1ccc(CC(c2ccc(O[C@H]3O[C@H](CO)[C@@H](O)[C@H](O)[C@@H]3O)c(NC(=O)CCNC(=O)[C@H](CCCCNC(=O)CCOCCOCCOCCOCCOCCOCCOCCOCCOCCOCCOCCOC)NC(=O)CCN3C(=O)C=CC3=O)c2)N(C)C)cc1. The van der Waals surface area contributed by atoms with E-state index in [1.807, 2.05) is 54.8 Å². The van der Waals surface area contributed by atoms with E-state index in [0.717, 1.165) is 41.0 Å². The Balaban J connectivity index is 0.724. The van der Waals surface area contributed by atoms with Crippen molar-refractivity contribution < 1.29 is 165 Å². The molecule has 1 unspecified atom stereocenters. The molecule has 0 saturated carbocycles. The minimum atomic E-state index is -1.83. The molecule has 138 heavy (non-hydrogen) atoms. The largest absolute Gasteiger partial charge is 0.478 e. The lowest BCUT2D eigenvalue weighted by molar-refractivity contribution is -0.277. The highest BCUT2D eigenvalue weighted by Crippen LogP contribution is 2.37. The number of carboxylic acids is 1. The van der Waals surface area contributed by atoms with E-state index in [-0.39, 0.29) is 118 Å². The summed E-state index contributed by atoms with van der Waals surface area (Å²) in [5.74, 6) is -3.84. The number of carbonyl (C=O) groups is 8. The van der Waals surface area contributed by atoms with Crippen molar-refractivity contribution in [3.63, 3.8) is 0 Å². The number of aliphatic hydroxyl groups is 8. The van der Waals surface area contributed by atoms with E-state index in [2.05, 4.69) is 26.6 Å². The summed E-state index contributed by atoms with van der Waals surface area (Å²) >= 11 is 0. The Morgan fingerprint density at radius 2 is 1.04 bits per heavy atom. The number of anilines is 2. The highest BCUT2D eigenvalue weighted by atomic mass is 16.7.